The maximum Gasteiger partial charge on any atom is 0.327 e. The van der Waals surface area contributed by atoms with E-state index in [2.05, 4.69) is 5.32 Å². The van der Waals surface area contributed by atoms with Crippen LogP contribution >= 0.6 is 19.4 Å². The Morgan fingerprint density at radius 1 is 1.09 bits per heavy atom. The van der Waals surface area contributed by atoms with Crippen molar-refractivity contribution in [1.29, 1.82) is 0 Å². The number of thioether (sulfide) groups is 1. The molecular formula is C20H27N2O8PS. The first-order chi connectivity index (χ1) is 15.0. The van der Waals surface area contributed by atoms with Crippen LogP contribution in [0.2, 0.25) is 0 Å². The van der Waals surface area contributed by atoms with E-state index in [0.29, 0.717) is 24.3 Å². The number of rotatable bonds is 13. The Balaban J connectivity index is 2.24. The lowest BCUT2D eigenvalue weighted by Crippen LogP contribution is -2.41. The summed E-state index contributed by atoms with van der Waals surface area (Å²) in [5, 5.41) is 23.7. The molecule has 1 unspecified atom stereocenters. The van der Waals surface area contributed by atoms with Crippen molar-refractivity contribution in [1.82, 2.24) is 9.88 Å². The molecule has 0 aliphatic rings. The summed E-state index contributed by atoms with van der Waals surface area (Å²) in [5.74, 6) is -2.71. The number of fused-ring (bicyclic) bond motifs is 1. The van der Waals surface area contributed by atoms with Crippen LogP contribution in [-0.2, 0) is 18.9 Å². The average molecular weight is 486 g/mol. The fourth-order valence-electron chi connectivity index (χ4n) is 3.33. The highest BCUT2D eigenvalue weighted by Crippen LogP contribution is 2.37. The lowest BCUT2D eigenvalue weighted by atomic mass is 10.1. The zero-order valence-corrected chi connectivity index (χ0v) is 19.2. The third-order valence-corrected chi connectivity index (χ3v) is 6.92. The van der Waals surface area contributed by atoms with Gasteiger partial charge in [-0.25, -0.2) is 9.59 Å². The van der Waals surface area contributed by atoms with E-state index in [-0.39, 0.29) is 18.3 Å². The number of aromatic nitrogens is 1. The molecule has 1 heterocycles. The highest BCUT2D eigenvalue weighted by atomic mass is 32.2. The number of nitrogens with one attached hydrogen (secondary N) is 1. The van der Waals surface area contributed by atoms with E-state index in [1.165, 1.54) is 6.92 Å². The van der Waals surface area contributed by atoms with Gasteiger partial charge in [0.2, 0.25) is 5.91 Å². The van der Waals surface area contributed by atoms with Crippen molar-refractivity contribution in [3.05, 3.63) is 30.5 Å². The van der Waals surface area contributed by atoms with Crippen molar-refractivity contribution in [3.63, 3.8) is 0 Å². The molecule has 0 bridgehead atoms. The second-order valence-electron chi connectivity index (χ2n) is 7.42. The summed E-state index contributed by atoms with van der Waals surface area (Å²) in [7, 11) is -4.07. The second-order valence-corrected chi connectivity index (χ2v) is 10.2. The Morgan fingerprint density at radius 3 is 2.38 bits per heavy atom. The molecule has 1 amide bonds. The average Bonchev–Trinajstić information content (AvgIpc) is 3.04. The fourth-order valence-corrected chi connectivity index (χ4v) is 5.19. The van der Waals surface area contributed by atoms with Crippen LogP contribution in [0, 0.1) is 0 Å². The van der Waals surface area contributed by atoms with E-state index in [9.17, 15) is 29.2 Å². The van der Waals surface area contributed by atoms with E-state index in [1.807, 2.05) is 18.2 Å². The second kappa shape index (κ2) is 11.5. The van der Waals surface area contributed by atoms with E-state index in [4.69, 9.17) is 9.79 Å². The molecule has 12 heteroatoms. The van der Waals surface area contributed by atoms with Crippen LogP contribution in [0.5, 0.6) is 0 Å². The van der Waals surface area contributed by atoms with Crippen LogP contribution in [0.4, 0.5) is 0 Å². The summed E-state index contributed by atoms with van der Waals surface area (Å²) in [6, 6.07) is 5.21. The van der Waals surface area contributed by atoms with Crippen LogP contribution in [0.3, 0.4) is 0 Å². The number of hydrogen-bond donors (Lipinski definition) is 5. The first kappa shape index (κ1) is 25.9. The number of aliphatic carboxylic acids is 2. The van der Waals surface area contributed by atoms with E-state index in [1.54, 1.807) is 16.8 Å². The number of hydrogen-bond acceptors (Lipinski definition) is 5. The molecule has 2 rings (SSSR count). The summed E-state index contributed by atoms with van der Waals surface area (Å²) >= 11 is 1.16. The summed E-state index contributed by atoms with van der Waals surface area (Å²) < 4.78 is 12.6. The first-order valence-electron chi connectivity index (χ1n) is 9.99. The molecule has 0 saturated heterocycles. The topological polar surface area (TPSA) is 166 Å². The van der Waals surface area contributed by atoms with Crippen LogP contribution in [0.1, 0.15) is 38.6 Å². The molecule has 176 valence electrons. The maximum atomic E-state index is 12.0. The van der Waals surface area contributed by atoms with Gasteiger partial charge in [0, 0.05) is 35.8 Å². The van der Waals surface area contributed by atoms with Gasteiger partial charge in [0.1, 0.15) is 12.1 Å². The van der Waals surface area contributed by atoms with Crippen molar-refractivity contribution < 1.29 is 38.9 Å². The maximum absolute atomic E-state index is 12.0. The van der Waals surface area contributed by atoms with Crippen molar-refractivity contribution in [2.75, 3.05) is 11.9 Å². The molecule has 10 nitrogen and oxygen atoms in total. The first-order valence-corrected chi connectivity index (χ1v) is 12.8. The molecule has 0 aliphatic carbocycles. The predicted molar refractivity (Wildman–Crippen MR) is 120 cm³/mol. The Labute approximate surface area is 189 Å². The minimum Gasteiger partial charge on any atom is -0.480 e. The molecule has 32 heavy (non-hydrogen) atoms. The number of unbranched alkanes of at least 4 members (excludes halogenated alkanes) is 2. The van der Waals surface area contributed by atoms with E-state index < -0.39 is 37.5 Å². The third-order valence-electron chi connectivity index (χ3n) is 4.81. The summed E-state index contributed by atoms with van der Waals surface area (Å²) in [6.45, 7) is 1.23. The van der Waals surface area contributed by atoms with Crippen molar-refractivity contribution >= 4 is 48.0 Å². The van der Waals surface area contributed by atoms with Gasteiger partial charge in [-0.05, 0) is 12.8 Å². The number of carboxylic acid groups (broad SMARTS) is 2. The van der Waals surface area contributed by atoms with Gasteiger partial charge < -0.3 is 29.9 Å². The third kappa shape index (κ3) is 7.67. The molecule has 0 radical (unpaired) electrons. The quantitative estimate of drug-likeness (QED) is 0.162. The Morgan fingerprint density at radius 2 is 1.78 bits per heavy atom. The molecule has 2 aromatic rings. The highest BCUT2D eigenvalue weighted by Gasteiger charge is 2.26. The SMILES string of the molecule is CC(=O)N[C@@H](CSc1c2ccccc2cn1C(CCCCCP(=O)(O)O)C(=O)O)C(=O)O. The zero-order chi connectivity index (χ0) is 23.9. The smallest absolute Gasteiger partial charge is 0.327 e. The molecule has 5 N–H and O–H groups in total. The minimum absolute atomic E-state index is 0.0115. The number of carbonyl (C=O) groups is 3. The van der Waals surface area contributed by atoms with Gasteiger partial charge in [0.25, 0.3) is 0 Å². The Hall–Kier alpha value is -2.33. The molecule has 1 aromatic heterocycles. The number of benzene rings is 1. The van der Waals surface area contributed by atoms with Gasteiger partial charge in [0.15, 0.2) is 0 Å². The number of carboxylic acids is 2. The van der Waals surface area contributed by atoms with Crippen molar-refractivity contribution in [3.8, 4) is 0 Å². The summed E-state index contributed by atoms with van der Waals surface area (Å²) in [5.41, 5.74) is 0. The highest BCUT2D eigenvalue weighted by molar-refractivity contribution is 7.99. The van der Waals surface area contributed by atoms with E-state index >= 15 is 0 Å². The Kier molecular flexibility index (Phi) is 9.33. The van der Waals surface area contributed by atoms with Crippen LogP contribution in [0.15, 0.2) is 35.5 Å². The molecule has 1 aromatic carbocycles. The number of amides is 1. The van der Waals surface area contributed by atoms with Gasteiger partial charge in [-0.2, -0.15) is 0 Å². The molecule has 2 atom stereocenters. The molecule has 0 saturated carbocycles. The summed E-state index contributed by atoms with van der Waals surface area (Å²) in [6.07, 6.45) is 2.95. The van der Waals surface area contributed by atoms with Gasteiger partial charge in [-0.3, -0.25) is 9.36 Å². The van der Waals surface area contributed by atoms with Crippen LogP contribution in [-0.4, -0.2) is 60.4 Å². The monoisotopic (exact) mass is 486 g/mol. The molecule has 0 fully saturated rings. The van der Waals surface area contributed by atoms with Gasteiger partial charge >= 0.3 is 19.5 Å². The lowest BCUT2D eigenvalue weighted by Gasteiger charge is -2.19. The molecule has 0 spiro atoms. The van der Waals surface area contributed by atoms with E-state index in [0.717, 1.165) is 22.5 Å². The standard InChI is InChI=1S/C20H27N2O8PS/c1-13(23)21-16(19(24)25)12-32-18-15-8-5-4-7-14(15)11-22(18)17(20(26)27)9-3-2-6-10-31(28,29)30/h4-5,7-8,11,16-17H,2-3,6,9-10,12H2,1H3,(H,21,23)(H,24,25)(H,26,27)(H2,28,29,30)/t16-,17?/m0/s1. The van der Waals surface area contributed by atoms with Crippen LogP contribution < -0.4 is 5.32 Å². The van der Waals surface area contributed by atoms with Crippen molar-refractivity contribution in [2.45, 2.75) is 49.7 Å². The number of carbonyl (C=O) groups excluding carboxylic acids is 1. The zero-order valence-electron chi connectivity index (χ0n) is 17.5. The van der Waals surface area contributed by atoms with Crippen molar-refractivity contribution in [2.24, 2.45) is 0 Å². The van der Waals surface area contributed by atoms with Crippen LogP contribution in [0.25, 0.3) is 10.8 Å². The predicted octanol–water partition coefficient (Wildman–Crippen LogP) is 2.69. The largest absolute Gasteiger partial charge is 0.480 e. The molecule has 0 aliphatic heterocycles. The van der Waals surface area contributed by atoms with Gasteiger partial charge in [0.05, 0.1) is 5.03 Å². The van der Waals surface area contributed by atoms with Gasteiger partial charge in [-0.1, -0.05) is 37.1 Å². The molecular weight excluding hydrogens is 459 g/mol. The fraction of sp³-hybridized carbons (Fsp3) is 0.450. The minimum atomic E-state index is -4.07. The summed E-state index contributed by atoms with van der Waals surface area (Å²) in [4.78, 5) is 52.7. The van der Waals surface area contributed by atoms with Gasteiger partial charge in [-0.15, -0.1) is 11.8 Å². The Bertz CT molecular complexity index is 1020. The lowest BCUT2D eigenvalue weighted by molar-refractivity contribution is -0.141. The normalized spacial score (nSPS) is 13.6. The number of nitrogens with zero attached hydrogens (tertiary/aromatic N) is 1.